The molecule has 1 heterocycles. The lowest BCUT2D eigenvalue weighted by atomic mass is 9.93. The van der Waals surface area contributed by atoms with Gasteiger partial charge in [0.1, 0.15) is 0 Å². The van der Waals surface area contributed by atoms with Crippen molar-refractivity contribution in [3.63, 3.8) is 0 Å². The summed E-state index contributed by atoms with van der Waals surface area (Å²) < 4.78 is 0. The number of nitro benzene ring substituents is 1. The summed E-state index contributed by atoms with van der Waals surface area (Å²) in [5, 5.41) is 10.8. The molecule has 0 radical (unpaired) electrons. The number of non-ortho nitro benzene ring substituents is 1. The van der Waals surface area contributed by atoms with E-state index in [1.807, 2.05) is 4.90 Å². The van der Waals surface area contributed by atoms with E-state index in [4.69, 9.17) is 11.5 Å². The van der Waals surface area contributed by atoms with E-state index in [1.165, 1.54) is 18.2 Å². The van der Waals surface area contributed by atoms with Crippen LogP contribution in [0, 0.1) is 16.0 Å². The molecule has 2 rings (SSSR count). The normalized spacial score (nSPS) is 18.0. The topological polar surface area (TPSA) is 133 Å². The van der Waals surface area contributed by atoms with Gasteiger partial charge in [-0.3, -0.25) is 19.7 Å². The van der Waals surface area contributed by atoms with Gasteiger partial charge in [0, 0.05) is 31.6 Å². The van der Waals surface area contributed by atoms with Crippen molar-refractivity contribution in [2.75, 3.05) is 18.0 Å². The van der Waals surface area contributed by atoms with E-state index < -0.39 is 10.8 Å². The summed E-state index contributed by atoms with van der Waals surface area (Å²) >= 11 is 0. The predicted molar refractivity (Wildman–Crippen MR) is 80.4 cm³/mol. The summed E-state index contributed by atoms with van der Waals surface area (Å²) in [6, 6.07) is 4.07. The molecule has 1 atom stereocenters. The molecule has 1 aliphatic heterocycles. The molecular formula is C14H18N4O4. The Morgan fingerprint density at radius 2 is 2.09 bits per heavy atom. The van der Waals surface area contributed by atoms with Crippen LogP contribution < -0.4 is 16.4 Å². The molecule has 1 saturated heterocycles. The highest BCUT2D eigenvalue weighted by molar-refractivity contribution is 5.99. The Balaban J connectivity index is 2.28. The number of nitrogens with zero attached hydrogens (tertiary/aromatic N) is 2. The molecule has 118 valence electrons. The number of primary amides is 2. The maximum atomic E-state index is 11.6. The minimum Gasteiger partial charge on any atom is -0.371 e. The number of nitro groups is 1. The van der Waals surface area contributed by atoms with Gasteiger partial charge in [-0.15, -0.1) is 0 Å². The Hall–Kier alpha value is -2.64. The van der Waals surface area contributed by atoms with Gasteiger partial charge in [0.25, 0.3) is 11.6 Å². The monoisotopic (exact) mass is 306 g/mol. The van der Waals surface area contributed by atoms with Crippen molar-refractivity contribution >= 4 is 23.2 Å². The number of amides is 2. The molecule has 8 nitrogen and oxygen atoms in total. The van der Waals surface area contributed by atoms with Crippen LogP contribution in [0.3, 0.4) is 0 Å². The molecule has 1 fully saturated rings. The third-order valence-electron chi connectivity index (χ3n) is 3.81. The van der Waals surface area contributed by atoms with Gasteiger partial charge in [0.05, 0.1) is 16.2 Å². The van der Waals surface area contributed by atoms with Crippen LogP contribution in [0.15, 0.2) is 18.2 Å². The third-order valence-corrected chi connectivity index (χ3v) is 3.81. The quantitative estimate of drug-likeness (QED) is 0.612. The average molecular weight is 306 g/mol. The summed E-state index contributed by atoms with van der Waals surface area (Å²) in [4.78, 5) is 34.8. The van der Waals surface area contributed by atoms with E-state index in [0.717, 1.165) is 12.8 Å². The largest absolute Gasteiger partial charge is 0.371 e. The number of nitrogens with two attached hydrogens (primary N) is 2. The Bertz CT molecular complexity index is 617. The fourth-order valence-electron chi connectivity index (χ4n) is 2.85. The molecule has 0 bridgehead atoms. The van der Waals surface area contributed by atoms with Crippen molar-refractivity contribution < 1.29 is 14.5 Å². The van der Waals surface area contributed by atoms with Crippen LogP contribution >= 0.6 is 0 Å². The second-order valence-corrected chi connectivity index (χ2v) is 5.45. The number of hydrogen-bond donors (Lipinski definition) is 2. The van der Waals surface area contributed by atoms with Gasteiger partial charge in [-0.25, -0.2) is 0 Å². The fourth-order valence-corrected chi connectivity index (χ4v) is 2.85. The SMILES string of the molecule is NC(=O)CC1CCCN(c2ccc([N+](=O)[O-])cc2C(N)=O)C1. The molecule has 0 aliphatic carbocycles. The van der Waals surface area contributed by atoms with E-state index >= 15 is 0 Å². The van der Waals surface area contributed by atoms with Gasteiger partial charge in [-0.2, -0.15) is 0 Å². The number of rotatable bonds is 5. The van der Waals surface area contributed by atoms with Crippen LogP contribution in [-0.4, -0.2) is 29.8 Å². The smallest absolute Gasteiger partial charge is 0.270 e. The van der Waals surface area contributed by atoms with Crippen LogP contribution in [0.2, 0.25) is 0 Å². The second kappa shape index (κ2) is 6.42. The Labute approximate surface area is 127 Å². The summed E-state index contributed by atoms with van der Waals surface area (Å²) in [5.41, 5.74) is 11.1. The zero-order valence-electron chi connectivity index (χ0n) is 12.0. The molecule has 1 aliphatic rings. The lowest BCUT2D eigenvalue weighted by molar-refractivity contribution is -0.384. The second-order valence-electron chi connectivity index (χ2n) is 5.45. The Morgan fingerprint density at radius 3 is 2.68 bits per heavy atom. The molecule has 0 saturated carbocycles. The number of carbonyl (C=O) groups is 2. The first-order chi connectivity index (χ1) is 10.4. The van der Waals surface area contributed by atoms with Crippen LogP contribution in [0.1, 0.15) is 29.6 Å². The molecule has 22 heavy (non-hydrogen) atoms. The minimum atomic E-state index is -0.712. The third kappa shape index (κ3) is 3.51. The first-order valence-electron chi connectivity index (χ1n) is 7.00. The van der Waals surface area contributed by atoms with Crippen molar-refractivity contribution in [2.45, 2.75) is 19.3 Å². The number of benzene rings is 1. The van der Waals surface area contributed by atoms with E-state index in [1.54, 1.807) is 0 Å². The molecule has 8 heteroatoms. The highest BCUT2D eigenvalue weighted by atomic mass is 16.6. The highest BCUT2D eigenvalue weighted by Gasteiger charge is 2.25. The van der Waals surface area contributed by atoms with E-state index in [2.05, 4.69) is 0 Å². The van der Waals surface area contributed by atoms with Crippen LogP contribution in [0.5, 0.6) is 0 Å². The van der Waals surface area contributed by atoms with Crippen molar-refractivity contribution in [1.82, 2.24) is 0 Å². The molecular weight excluding hydrogens is 288 g/mol. The van der Waals surface area contributed by atoms with Gasteiger partial charge in [0.15, 0.2) is 0 Å². The first kappa shape index (κ1) is 15.7. The first-order valence-corrected chi connectivity index (χ1v) is 7.00. The maximum Gasteiger partial charge on any atom is 0.270 e. The van der Waals surface area contributed by atoms with E-state index in [-0.39, 0.29) is 29.5 Å². The Kier molecular flexibility index (Phi) is 4.59. The Morgan fingerprint density at radius 1 is 1.36 bits per heavy atom. The van der Waals surface area contributed by atoms with E-state index in [9.17, 15) is 19.7 Å². The fraction of sp³-hybridized carbons (Fsp3) is 0.429. The summed E-state index contributed by atoms with van der Waals surface area (Å²) in [6.07, 6.45) is 2.03. The molecule has 4 N–H and O–H groups in total. The number of carbonyl (C=O) groups excluding carboxylic acids is 2. The number of hydrogen-bond acceptors (Lipinski definition) is 5. The molecule has 0 aromatic heterocycles. The van der Waals surface area contributed by atoms with Crippen molar-refractivity contribution in [2.24, 2.45) is 17.4 Å². The van der Waals surface area contributed by atoms with Crippen LogP contribution in [0.25, 0.3) is 0 Å². The van der Waals surface area contributed by atoms with Gasteiger partial charge in [-0.05, 0) is 24.8 Å². The summed E-state index contributed by atoms with van der Waals surface area (Å²) in [6.45, 7) is 1.27. The van der Waals surface area contributed by atoms with Crippen LogP contribution in [-0.2, 0) is 4.79 Å². The standard InChI is InChI=1S/C14H18N4O4/c15-13(19)6-9-2-1-5-17(8-9)12-4-3-10(18(21)22)7-11(12)14(16)20/h3-4,7,9H,1-2,5-6,8H2,(H2,15,19)(H2,16,20). The van der Waals surface area contributed by atoms with Crippen molar-refractivity contribution in [3.8, 4) is 0 Å². The lowest BCUT2D eigenvalue weighted by Gasteiger charge is -2.34. The molecule has 0 spiro atoms. The predicted octanol–water partition coefficient (Wildman–Crippen LogP) is 0.785. The zero-order valence-corrected chi connectivity index (χ0v) is 12.0. The molecule has 1 aromatic carbocycles. The van der Waals surface area contributed by atoms with Gasteiger partial charge < -0.3 is 16.4 Å². The van der Waals surface area contributed by atoms with Crippen molar-refractivity contribution in [3.05, 3.63) is 33.9 Å². The maximum absolute atomic E-state index is 11.6. The minimum absolute atomic E-state index is 0.113. The van der Waals surface area contributed by atoms with Gasteiger partial charge >= 0.3 is 0 Å². The number of anilines is 1. The van der Waals surface area contributed by atoms with Gasteiger partial charge in [-0.1, -0.05) is 0 Å². The van der Waals surface area contributed by atoms with Gasteiger partial charge in [0.2, 0.25) is 5.91 Å². The summed E-state index contributed by atoms with van der Waals surface area (Å²) in [5.74, 6) is -0.955. The van der Waals surface area contributed by atoms with Crippen LogP contribution in [0.4, 0.5) is 11.4 Å². The zero-order chi connectivity index (χ0) is 16.3. The lowest BCUT2D eigenvalue weighted by Crippen LogP contribution is -2.38. The van der Waals surface area contributed by atoms with Crippen molar-refractivity contribution in [1.29, 1.82) is 0 Å². The molecule has 1 unspecified atom stereocenters. The molecule has 1 aromatic rings. The highest BCUT2D eigenvalue weighted by Crippen LogP contribution is 2.30. The number of piperidine rings is 1. The average Bonchev–Trinajstić information content (AvgIpc) is 2.46. The summed E-state index contributed by atoms with van der Waals surface area (Å²) in [7, 11) is 0. The molecule has 2 amide bonds. The van der Waals surface area contributed by atoms with E-state index in [0.29, 0.717) is 18.8 Å².